The van der Waals surface area contributed by atoms with Crippen molar-refractivity contribution in [2.45, 2.75) is 13.0 Å². The van der Waals surface area contributed by atoms with E-state index < -0.39 is 11.6 Å². The van der Waals surface area contributed by atoms with Gasteiger partial charge < -0.3 is 14.6 Å². The van der Waals surface area contributed by atoms with Crippen LogP contribution in [-0.2, 0) is 4.79 Å². The van der Waals surface area contributed by atoms with Crippen LogP contribution < -0.4 is 15.6 Å². The number of nitrogens with one attached hydrogen (secondary N) is 1. The molecule has 0 spiro atoms. The van der Waals surface area contributed by atoms with E-state index in [1.54, 1.807) is 31.2 Å². The summed E-state index contributed by atoms with van der Waals surface area (Å²) in [7, 11) is 0. The second kappa shape index (κ2) is 8.29. The summed E-state index contributed by atoms with van der Waals surface area (Å²) in [5.41, 5.74) is 0.101. The van der Waals surface area contributed by atoms with Gasteiger partial charge in [-0.15, -0.1) is 0 Å². The number of amides is 1. The van der Waals surface area contributed by atoms with Gasteiger partial charge >= 0.3 is 0 Å². The lowest BCUT2D eigenvalue weighted by atomic mass is 10.2. The van der Waals surface area contributed by atoms with Crippen LogP contribution in [0.4, 0.5) is 5.69 Å². The van der Waals surface area contributed by atoms with E-state index >= 15 is 0 Å². The van der Waals surface area contributed by atoms with Crippen molar-refractivity contribution in [1.29, 1.82) is 0 Å². The summed E-state index contributed by atoms with van der Waals surface area (Å²) < 4.78 is 6.91. The molecule has 1 aromatic heterocycles. The zero-order valence-corrected chi connectivity index (χ0v) is 15.9. The fourth-order valence-electron chi connectivity index (χ4n) is 2.43. The molecule has 2 aromatic carbocycles. The molecule has 0 aliphatic heterocycles. The first-order valence-corrected chi connectivity index (χ1v) is 8.90. The number of carbonyl (C=O) groups excluding carboxylic acids is 1. The van der Waals surface area contributed by atoms with Crippen molar-refractivity contribution in [3.63, 3.8) is 0 Å². The maximum atomic E-state index is 12.5. The van der Waals surface area contributed by atoms with Gasteiger partial charge in [-0.2, -0.15) is 0 Å². The Hall–Kier alpha value is -2.76. The molecule has 3 aromatic rings. The monoisotopic (exact) mass is 402 g/mol. The minimum Gasteiger partial charge on any atom is -0.457 e. The van der Waals surface area contributed by atoms with Crippen LogP contribution in [0.15, 0.2) is 71.7 Å². The highest BCUT2D eigenvalue weighted by atomic mass is 35.5. The molecular weight excluding hydrogens is 387 g/mol. The van der Waals surface area contributed by atoms with E-state index in [-0.39, 0.29) is 16.0 Å². The number of aromatic nitrogens is 1. The van der Waals surface area contributed by atoms with Crippen molar-refractivity contribution >= 4 is 34.8 Å². The normalized spacial score (nSPS) is 11.7. The molecule has 0 radical (unpaired) electrons. The Morgan fingerprint density at radius 3 is 2.33 bits per heavy atom. The molecule has 138 valence electrons. The Kier molecular flexibility index (Phi) is 5.84. The number of hydrogen-bond acceptors (Lipinski definition) is 3. The predicted molar refractivity (Wildman–Crippen MR) is 107 cm³/mol. The van der Waals surface area contributed by atoms with E-state index in [1.807, 2.05) is 30.3 Å². The van der Waals surface area contributed by atoms with Crippen LogP contribution in [0.2, 0.25) is 10.0 Å². The third-order valence-corrected chi connectivity index (χ3v) is 4.34. The first-order valence-electron chi connectivity index (χ1n) is 8.15. The third-order valence-electron chi connectivity index (χ3n) is 3.86. The number of hydrogen-bond donors (Lipinski definition) is 1. The molecule has 1 heterocycles. The Morgan fingerprint density at radius 2 is 1.67 bits per heavy atom. The van der Waals surface area contributed by atoms with Gasteiger partial charge in [0.15, 0.2) is 0 Å². The Labute approximate surface area is 166 Å². The Bertz CT molecular complexity index is 1000. The number of para-hydroxylation sites is 1. The quantitative estimate of drug-likeness (QED) is 0.641. The maximum Gasteiger partial charge on any atom is 0.270 e. The molecule has 0 aliphatic carbocycles. The molecule has 1 unspecified atom stereocenters. The fraction of sp³-hybridized carbons (Fsp3) is 0.100. The molecule has 7 heteroatoms. The zero-order chi connectivity index (χ0) is 19.4. The number of benzene rings is 2. The summed E-state index contributed by atoms with van der Waals surface area (Å²) in [6.07, 6.45) is 1.39. The van der Waals surface area contributed by atoms with Crippen molar-refractivity contribution in [3.05, 3.63) is 87.3 Å². The van der Waals surface area contributed by atoms with Crippen LogP contribution in [-0.4, -0.2) is 10.5 Å². The molecule has 5 nitrogen and oxygen atoms in total. The van der Waals surface area contributed by atoms with Crippen LogP contribution >= 0.6 is 23.2 Å². The molecule has 0 fully saturated rings. The van der Waals surface area contributed by atoms with E-state index in [9.17, 15) is 9.59 Å². The number of pyridine rings is 1. The van der Waals surface area contributed by atoms with Crippen molar-refractivity contribution in [2.75, 3.05) is 5.32 Å². The van der Waals surface area contributed by atoms with Gasteiger partial charge in [-0.3, -0.25) is 9.59 Å². The highest BCUT2D eigenvalue weighted by Gasteiger charge is 2.18. The molecule has 1 atom stereocenters. The molecule has 1 amide bonds. The topological polar surface area (TPSA) is 60.3 Å². The third kappa shape index (κ3) is 4.70. The first kappa shape index (κ1) is 19.0. The Morgan fingerprint density at radius 1 is 1.04 bits per heavy atom. The van der Waals surface area contributed by atoms with E-state index in [4.69, 9.17) is 27.9 Å². The number of halogens is 2. The van der Waals surface area contributed by atoms with Crippen molar-refractivity contribution in [3.8, 4) is 11.5 Å². The number of rotatable bonds is 5. The van der Waals surface area contributed by atoms with Gasteiger partial charge in [-0.25, -0.2) is 0 Å². The second-order valence-corrected chi connectivity index (χ2v) is 6.67. The SMILES string of the molecule is CC(C(=O)Nc1ccc(Oc2ccccc2)cc1)n1cc(Cl)cc(Cl)c1=O. The predicted octanol–water partition coefficient (Wildman–Crippen LogP) is 5.15. The lowest BCUT2D eigenvalue weighted by molar-refractivity contribution is -0.118. The van der Waals surface area contributed by atoms with Gasteiger partial charge in [0.2, 0.25) is 5.91 Å². The van der Waals surface area contributed by atoms with Crippen molar-refractivity contribution in [1.82, 2.24) is 4.57 Å². The highest BCUT2D eigenvalue weighted by molar-refractivity contribution is 6.34. The van der Waals surface area contributed by atoms with Gasteiger partial charge in [0.25, 0.3) is 5.56 Å². The maximum absolute atomic E-state index is 12.5. The summed E-state index contributed by atoms with van der Waals surface area (Å²) in [4.78, 5) is 24.6. The minimum atomic E-state index is -0.783. The summed E-state index contributed by atoms with van der Waals surface area (Å²) in [6.45, 7) is 1.59. The van der Waals surface area contributed by atoms with Crippen LogP contribution in [0.5, 0.6) is 11.5 Å². The van der Waals surface area contributed by atoms with Crippen molar-refractivity contribution < 1.29 is 9.53 Å². The number of nitrogens with zero attached hydrogens (tertiary/aromatic N) is 1. The lowest BCUT2D eigenvalue weighted by Gasteiger charge is -2.16. The van der Waals surface area contributed by atoms with Crippen LogP contribution in [0.25, 0.3) is 0 Å². The molecule has 0 aliphatic rings. The average molecular weight is 403 g/mol. The van der Waals surface area contributed by atoms with E-state index in [0.29, 0.717) is 11.4 Å². The van der Waals surface area contributed by atoms with Crippen LogP contribution in [0.3, 0.4) is 0 Å². The van der Waals surface area contributed by atoms with Crippen molar-refractivity contribution in [2.24, 2.45) is 0 Å². The highest BCUT2D eigenvalue weighted by Crippen LogP contribution is 2.23. The van der Waals surface area contributed by atoms with Crippen LogP contribution in [0, 0.1) is 0 Å². The van der Waals surface area contributed by atoms with E-state index in [2.05, 4.69) is 5.32 Å². The Balaban J connectivity index is 1.70. The van der Waals surface area contributed by atoms with E-state index in [0.717, 1.165) is 5.75 Å². The summed E-state index contributed by atoms with van der Waals surface area (Å²) in [5.74, 6) is 0.998. The smallest absolute Gasteiger partial charge is 0.270 e. The molecule has 0 bridgehead atoms. The molecular formula is C20H16Cl2N2O3. The summed E-state index contributed by atoms with van der Waals surface area (Å²) in [6, 6.07) is 16.9. The number of ether oxygens (including phenoxy) is 1. The van der Waals surface area contributed by atoms with Gasteiger partial charge in [0.05, 0.1) is 5.02 Å². The van der Waals surface area contributed by atoms with E-state index in [1.165, 1.54) is 16.8 Å². The first-order chi connectivity index (χ1) is 12.9. The fourth-order valence-corrected chi connectivity index (χ4v) is 2.91. The largest absolute Gasteiger partial charge is 0.457 e. The summed E-state index contributed by atoms with van der Waals surface area (Å²) >= 11 is 11.8. The zero-order valence-electron chi connectivity index (χ0n) is 14.4. The minimum absolute atomic E-state index is 0.0374. The second-order valence-electron chi connectivity index (χ2n) is 5.82. The van der Waals surface area contributed by atoms with Crippen LogP contribution in [0.1, 0.15) is 13.0 Å². The number of carbonyl (C=O) groups is 1. The molecule has 27 heavy (non-hydrogen) atoms. The average Bonchev–Trinajstić information content (AvgIpc) is 2.66. The number of anilines is 1. The van der Waals surface area contributed by atoms with Gasteiger partial charge in [-0.1, -0.05) is 41.4 Å². The molecule has 0 saturated carbocycles. The van der Waals surface area contributed by atoms with Gasteiger partial charge in [0.1, 0.15) is 22.6 Å². The molecule has 0 saturated heterocycles. The molecule has 1 N–H and O–H groups in total. The molecule has 3 rings (SSSR count). The van der Waals surface area contributed by atoms with Gasteiger partial charge in [-0.05, 0) is 49.4 Å². The standard InChI is InChI=1S/C20H16Cl2N2O3/c1-13(24-12-14(21)11-18(22)20(24)26)19(25)23-15-7-9-17(10-8-15)27-16-5-3-2-4-6-16/h2-13H,1H3,(H,23,25). The summed E-state index contributed by atoms with van der Waals surface area (Å²) in [5, 5.41) is 3.00. The lowest BCUT2D eigenvalue weighted by Crippen LogP contribution is -2.31. The van der Waals surface area contributed by atoms with Gasteiger partial charge in [0, 0.05) is 11.9 Å².